The number of hydrogen-bond donors (Lipinski definition) is 0. The summed E-state index contributed by atoms with van der Waals surface area (Å²) < 4.78 is 5.23. The molecule has 234 valence electrons. The summed E-state index contributed by atoms with van der Waals surface area (Å²) in [5, 5.41) is 0. The summed E-state index contributed by atoms with van der Waals surface area (Å²) in [6.07, 6.45) is 5.91. The Balaban J connectivity index is 0.000000292. The highest BCUT2D eigenvalue weighted by molar-refractivity contribution is 5.79. The Hall–Kier alpha value is -2.35. The van der Waals surface area contributed by atoms with Gasteiger partial charge in [0.05, 0.1) is 12.5 Å². The van der Waals surface area contributed by atoms with Crippen molar-refractivity contribution in [3.8, 4) is 0 Å². The van der Waals surface area contributed by atoms with Gasteiger partial charge in [-0.3, -0.25) is 4.79 Å². The minimum atomic E-state index is -0.0427. The van der Waals surface area contributed by atoms with E-state index >= 15 is 0 Å². The topological polar surface area (TPSA) is 26.3 Å². The van der Waals surface area contributed by atoms with Crippen molar-refractivity contribution in [3.63, 3.8) is 0 Å². The second-order valence-corrected chi connectivity index (χ2v) is 15.8. The molecule has 3 aliphatic carbocycles. The first-order valence-corrected chi connectivity index (χ1v) is 15.5. The molecule has 0 heterocycles. The van der Waals surface area contributed by atoms with Gasteiger partial charge in [0.1, 0.15) is 0 Å². The molecule has 2 unspecified atom stereocenters. The number of benzene rings is 2. The van der Waals surface area contributed by atoms with Crippen LogP contribution in [-0.2, 0) is 36.6 Å². The fourth-order valence-corrected chi connectivity index (χ4v) is 7.07. The van der Waals surface area contributed by atoms with E-state index < -0.39 is 0 Å². The van der Waals surface area contributed by atoms with Gasteiger partial charge in [-0.25, -0.2) is 0 Å². The van der Waals surface area contributed by atoms with E-state index in [9.17, 15) is 4.79 Å². The van der Waals surface area contributed by atoms with E-state index in [-0.39, 0.29) is 43.0 Å². The molecule has 1 saturated carbocycles. The van der Waals surface area contributed by atoms with Gasteiger partial charge in [-0.05, 0) is 101 Å². The fraction of sp³-hybridized carbons (Fsp3) is 0.625. The molecule has 1 fully saturated rings. The number of carbonyl (C=O) groups excluding carboxylic acids is 1. The molecule has 3 aliphatic rings. The van der Waals surface area contributed by atoms with Gasteiger partial charge in [0.2, 0.25) is 0 Å². The third kappa shape index (κ3) is 6.58. The highest BCUT2D eigenvalue weighted by Gasteiger charge is 2.57. The predicted octanol–water partition coefficient (Wildman–Crippen LogP) is 11.2. The lowest BCUT2D eigenvalue weighted by Gasteiger charge is -2.42. The molecular weight excluding hydrogens is 512 g/mol. The normalized spacial score (nSPS) is 25.1. The van der Waals surface area contributed by atoms with E-state index in [1.165, 1.54) is 59.1 Å². The summed E-state index contributed by atoms with van der Waals surface area (Å²) in [5.74, 6) is -0.00692. The van der Waals surface area contributed by atoms with Gasteiger partial charge in [-0.1, -0.05) is 126 Å². The van der Waals surface area contributed by atoms with Crippen LogP contribution in [0.3, 0.4) is 0 Å². The van der Waals surface area contributed by atoms with Crippen molar-refractivity contribution in [2.75, 3.05) is 6.61 Å². The van der Waals surface area contributed by atoms with Gasteiger partial charge in [-0.15, -0.1) is 0 Å². The van der Waals surface area contributed by atoms with Gasteiger partial charge in [-0.2, -0.15) is 0 Å². The number of rotatable bonds is 4. The van der Waals surface area contributed by atoms with Gasteiger partial charge in [0.15, 0.2) is 0 Å². The van der Waals surface area contributed by atoms with Crippen molar-refractivity contribution in [2.24, 2.45) is 5.92 Å². The van der Waals surface area contributed by atoms with Crippen molar-refractivity contribution in [1.29, 1.82) is 0 Å². The van der Waals surface area contributed by atoms with Crippen molar-refractivity contribution in [1.82, 2.24) is 0 Å². The van der Waals surface area contributed by atoms with Gasteiger partial charge in [0.25, 0.3) is 0 Å². The highest BCUT2D eigenvalue weighted by Crippen LogP contribution is 2.56. The summed E-state index contributed by atoms with van der Waals surface area (Å²) in [5.41, 5.74) is 10.8. The molecule has 0 aliphatic heterocycles. The molecule has 5 rings (SSSR count). The van der Waals surface area contributed by atoms with Crippen molar-refractivity contribution >= 4 is 11.5 Å². The molecular formula is C40H62O2. The molecule has 2 heteroatoms. The third-order valence-corrected chi connectivity index (χ3v) is 10.7. The molecule has 2 nitrogen and oxygen atoms in total. The minimum Gasteiger partial charge on any atom is -0.466 e. The fourth-order valence-electron chi connectivity index (χ4n) is 7.07. The molecule has 0 amide bonds. The zero-order valence-electron chi connectivity index (χ0n) is 27.3. The number of esters is 1. The Kier molecular flexibility index (Phi) is 10.2. The van der Waals surface area contributed by atoms with Crippen LogP contribution in [0.25, 0.3) is 5.57 Å². The van der Waals surface area contributed by atoms with Gasteiger partial charge >= 0.3 is 5.97 Å². The number of allylic oxidation sites excluding steroid dienone is 1. The molecule has 0 N–H and O–H groups in total. The molecule has 2 atom stereocenters. The van der Waals surface area contributed by atoms with Crippen LogP contribution >= 0.6 is 0 Å². The molecule has 0 spiro atoms. The monoisotopic (exact) mass is 574 g/mol. The average Bonchev–Trinajstić information content (AvgIpc) is 3.58. The third-order valence-electron chi connectivity index (χ3n) is 10.7. The van der Waals surface area contributed by atoms with Crippen molar-refractivity contribution in [2.45, 2.75) is 150 Å². The van der Waals surface area contributed by atoms with Crippen LogP contribution in [0.2, 0.25) is 0 Å². The lowest BCUT2D eigenvalue weighted by molar-refractivity contribution is -0.145. The molecule has 0 radical (unpaired) electrons. The number of hydrogen-bond acceptors (Lipinski definition) is 2. The molecule has 0 bridgehead atoms. The smallest absolute Gasteiger partial charge is 0.309 e. The maximum atomic E-state index is 12.1. The summed E-state index contributed by atoms with van der Waals surface area (Å²) >= 11 is 0. The van der Waals surface area contributed by atoms with Gasteiger partial charge < -0.3 is 4.74 Å². The first kappa shape index (κ1) is 35.8. The second kappa shape index (κ2) is 12.0. The molecule has 0 saturated heterocycles. The van der Waals surface area contributed by atoms with E-state index in [0.29, 0.717) is 17.4 Å². The first-order valence-electron chi connectivity index (χ1n) is 15.5. The lowest BCUT2D eigenvalue weighted by Crippen LogP contribution is -2.34. The molecule has 42 heavy (non-hydrogen) atoms. The number of fused-ring (bicyclic) bond motifs is 2. The maximum absolute atomic E-state index is 12.1. The van der Waals surface area contributed by atoms with E-state index in [0.717, 1.165) is 12.0 Å². The van der Waals surface area contributed by atoms with E-state index in [2.05, 4.69) is 112 Å². The Morgan fingerprint density at radius 3 is 1.62 bits per heavy atom. The zero-order valence-corrected chi connectivity index (χ0v) is 27.3. The average molecular weight is 575 g/mol. The largest absolute Gasteiger partial charge is 0.466 e. The van der Waals surface area contributed by atoms with Crippen LogP contribution in [0.15, 0.2) is 43.0 Å². The SMILES string of the molecule is C.C.C=C(C)c1ccc2c(c1)C(C)(C)CCC2(C)C.CCOC(=O)C1CC1(C)c1ccc2c(c1)C(C)(C)CCC2(C)C. The van der Waals surface area contributed by atoms with Crippen LogP contribution in [-0.4, -0.2) is 12.6 Å². The first-order chi connectivity index (χ1) is 18.4. The second-order valence-electron chi connectivity index (χ2n) is 15.8. The standard InChI is InChI=1S/C21H30O2.C17H24.2CH4/c1-7-23-18(22)17-13-21(17,6)14-8-9-15-16(12-14)20(4,5)11-10-19(15,2)3;1-12(2)13-7-8-14-15(11-13)17(5,6)10-9-16(14,3)4;;/h8-9,12,17H,7,10-11,13H2,1-6H3;7-8,11H,1,9-10H2,2-6H3;2*1H4. The van der Waals surface area contributed by atoms with Gasteiger partial charge in [0, 0.05) is 5.41 Å². The predicted molar refractivity (Wildman–Crippen MR) is 184 cm³/mol. The zero-order chi connectivity index (χ0) is 29.9. The summed E-state index contributed by atoms with van der Waals surface area (Å²) in [6, 6.07) is 13.9. The van der Waals surface area contributed by atoms with Crippen LogP contribution in [0, 0.1) is 5.92 Å². The summed E-state index contributed by atoms with van der Waals surface area (Å²) in [4.78, 5) is 12.1. The van der Waals surface area contributed by atoms with Crippen LogP contribution in [0.4, 0.5) is 0 Å². The lowest BCUT2D eigenvalue weighted by atomic mass is 9.62. The molecule has 2 aromatic carbocycles. The maximum Gasteiger partial charge on any atom is 0.309 e. The van der Waals surface area contributed by atoms with E-state index in [1.54, 1.807) is 0 Å². The van der Waals surface area contributed by atoms with E-state index in [4.69, 9.17) is 4.74 Å². The van der Waals surface area contributed by atoms with Crippen molar-refractivity contribution < 1.29 is 9.53 Å². The Morgan fingerprint density at radius 2 is 1.17 bits per heavy atom. The molecule has 2 aromatic rings. The minimum absolute atomic E-state index is 0. The quantitative estimate of drug-likeness (QED) is 0.339. The van der Waals surface area contributed by atoms with E-state index in [1.807, 2.05) is 6.92 Å². The van der Waals surface area contributed by atoms with Crippen LogP contribution in [0.5, 0.6) is 0 Å². The highest BCUT2D eigenvalue weighted by atomic mass is 16.5. The Morgan fingerprint density at radius 1 is 0.738 bits per heavy atom. The van der Waals surface area contributed by atoms with Crippen LogP contribution < -0.4 is 0 Å². The Labute approximate surface area is 259 Å². The summed E-state index contributed by atoms with van der Waals surface area (Å²) in [6.45, 7) is 29.5. The Bertz CT molecular complexity index is 1300. The summed E-state index contributed by atoms with van der Waals surface area (Å²) in [7, 11) is 0. The molecule has 0 aromatic heterocycles. The van der Waals surface area contributed by atoms with Crippen LogP contribution in [0.1, 0.15) is 156 Å². The van der Waals surface area contributed by atoms with Crippen molar-refractivity contribution in [3.05, 3.63) is 76.4 Å². The number of ether oxygens (including phenoxy) is 1. The number of carbonyl (C=O) groups is 1.